The van der Waals surface area contributed by atoms with Gasteiger partial charge in [-0.1, -0.05) is 25.1 Å². The van der Waals surface area contributed by atoms with E-state index in [1.54, 1.807) is 6.07 Å². The van der Waals surface area contributed by atoms with Gasteiger partial charge >= 0.3 is 0 Å². The van der Waals surface area contributed by atoms with Crippen LogP contribution in [0.4, 0.5) is 0 Å². The minimum Gasteiger partial charge on any atom is -0.508 e. The highest BCUT2D eigenvalue weighted by Gasteiger charge is 2.15. The van der Waals surface area contributed by atoms with Crippen molar-refractivity contribution in [1.29, 1.82) is 0 Å². The zero-order chi connectivity index (χ0) is 14.4. The normalized spacial score (nSPS) is 12.3. The largest absolute Gasteiger partial charge is 0.508 e. The molecule has 0 radical (unpaired) electrons. The molecular formula is C17H22N2O. The summed E-state index contributed by atoms with van der Waals surface area (Å²) in [6.45, 7) is 5.20. The molecule has 2 rings (SSSR count). The molecule has 0 aliphatic heterocycles. The van der Waals surface area contributed by atoms with E-state index in [-0.39, 0.29) is 6.04 Å². The summed E-state index contributed by atoms with van der Waals surface area (Å²) in [5, 5.41) is 13.1. The number of hydrogen-bond acceptors (Lipinski definition) is 3. The predicted molar refractivity (Wildman–Crippen MR) is 81.8 cm³/mol. The van der Waals surface area contributed by atoms with Gasteiger partial charge in [0.05, 0.1) is 11.7 Å². The molecule has 1 aromatic heterocycles. The molecule has 0 aliphatic rings. The van der Waals surface area contributed by atoms with Crippen LogP contribution >= 0.6 is 0 Å². The van der Waals surface area contributed by atoms with E-state index in [1.165, 1.54) is 5.56 Å². The van der Waals surface area contributed by atoms with Crippen LogP contribution in [0.3, 0.4) is 0 Å². The molecule has 106 valence electrons. The maximum Gasteiger partial charge on any atom is 0.115 e. The third-order valence-corrected chi connectivity index (χ3v) is 3.37. The van der Waals surface area contributed by atoms with E-state index in [0.717, 1.165) is 30.6 Å². The lowest BCUT2D eigenvalue weighted by Crippen LogP contribution is -2.25. The number of nitrogens with zero attached hydrogens (tertiary/aromatic N) is 1. The number of aromatic nitrogens is 1. The van der Waals surface area contributed by atoms with Gasteiger partial charge in [-0.15, -0.1) is 0 Å². The Bertz CT molecular complexity index is 554. The number of phenolic OH excluding ortho intramolecular Hbond substituents is 1. The maximum atomic E-state index is 9.59. The number of nitrogens with one attached hydrogen (secondary N) is 1. The summed E-state index contributed by atoms with van der Waals surface area (Å²) in [6.07, 6.45) is 3.75. The Morgan fingerprint density at radius 3 is 2.80 bits per heavy atom. The van der Waals surface area contributed by atoms with Crippen LogP contribution in [-0.4, -0.2) is 16.6 Å². The van der Waals surface area contributed by atoms with Crippen LogP contribution in [0.1, 0.15) is 36.2 Å². The van der Waals surface area contributed by atoms with Crippen molar-refractivity contribution in [1.82, 2.24) is 10.3 Å². The molecular weight excluding hydrogens is 248 g/mol. The van der Waals surface area contributed by atoms with E-state index < -0.39 is 0 Å². The van der Waals surface area contributed by atoms with Gasteiger partial charge in [0.25, 0.3) is 0 Å². The van der Waals surface area contributed by atoms with Crippen molar-refractivity contribution in [3.05, 3.63) is 59.4 Å². The average molecular weight is 270 g/mol. The van der Waals surface area contributed by atoms with Crippen LogP contribution in [0, 0.1) is 6.92 Å². The first-order valence-electron chi connectivity index (χ1n) is 7.13. The monoisotopic (exact) mass is 270 g/mol. The minimum absolute atomic E-state index is 0.179. The van der Waals surface area contributed by atoms with Crippen molar-refractivity contribution in [2.45, 2.75) is 32.7 Å². The number of phenols is 1. The van der Waals surface area contributed by atoms with Crippen LogP contribution in [0.2, 0.25) is 0 Å². The molecule has 3 heteroatoms. The lowest BCUT2D eigenvalue weighted by molar-refractivity contribution is 0.472. The fraction of sp³-hybridized carbons (Fsp3) is 0.353. The second kappa shape index (κ2) is 7.06. The summed E-state index contributed by atoms with van der Waals surface area (Å²) in [5.74, 6) is 0.314. The van der Waals surface area contributed by atoms with E-state index in [4.69, 9.17) is 0 Å². The van der Waals surface area contributed by atoms with E-state index in [0.29, 0.717) is 5.75 Å². The molecule has 0 amide bonds. The molecule has 20 heavy (non-hydrogen) atoms. The third-order valence-electron chi connectivity index (χ3n) is 3.37. The van der Waals surface area contributed by atoms with Crippen LogP contribution < -0.4 is 5.32 Å². The molecule has 1 unspecified atom stereocenters. The Balaban J connectivity index is 2.22. The molecule has 0 saturated heterocycles. The fourth-order valence-corrected chi connectivity index (χ4v) is 2.37. The minimum atomic E-state index is 0.179. The number of aromatic hydroxyl groups is 1. The molecule has 1 atom stereocenters. The second-order valence-corrected chi connectivity index (χ2v) is 5.09. The van der Waals surface area contributed by atoms with Gasteiger partial charge in [-0.05, 0) is 55.6 Å². The molecule has 3 nitrogen and oxygen atoms in total. The van der Waals surface area contributed by atoms with Crippen molar-refractivity contribution < 1.29 is 5.11 Å². The van der Waals surface area contributed by atoms with Gasteiger partial charge in [0, 0.05) is 6.20 Å². The van der Waals surface area contributed by atoms with Crippen molar-refractivity contribution in [2.24, 2.45) is 0 Å². The maximum absolute atomic E-state index is 9.59. The zero-order valence-corrected chi connectivity index (χ0v) is 12.1. The first-order chi connectivity index (χ1) is 9.70. The predicted octanol–water partition coefficient (Wildman–Crippen LogP) is 3.38. The van der Waals surface area contributed by atoms with E-state index in [9.17, 15) is 5.11 Å². The van der Waals surface area contributed by atoms with E-state index in [2.05, 4.69) is 30.2 Å². The second-order valence-electron chi connectivity index (χ2n) is 5.09. The summed E-state index contributed by atoms with van der Waals surface area (Å²) in [7, 11) is 0. The SMILES string of the molecule is CCCNC(Cc1cccc(O)c1)c1ncccc1C. The number of hydrogen-bond donors (Lipinski definition) is 2. The van der Waals surface area contributed by atoms with Crippen LogP contribution in [0.25, 0.3) is 0 Å². The van der Waals surface area contributed by atoms with Crippen molar-refractivity contribution >= 4 is 0 Å². The molecule has 0 aliphatic carbocycles. The molecule has 0 spiro atoms. The van der Waals surface area contributed by atoms with Gasteiger partial charge in [-0.2, -0.15) is 0 Å². The first-order valence-corrected chi connectivity index (χ1v) is 7.13. The van der Waals surface area contributed by atoms with Crippen LogP contribution in [-0.2, 0) is 6.42 Å². The molecule has 0 fully saturated rings. The first kappa shape index (κ1) is 14.5. The summed E-state index contributed by atoms with van der Waals surface area (Å²) in [6, 6.07) is 11.7. The average Bonchev–Trinajstić information content (AvgIpc) is 2.44. The molecule has 1 heterocycles. The van der Waals surface area contributed by atoms with Gasteiger partial charge in [0.1, 0.15) is 5.75 Å². The van der Waals surface area contributed by atoms with Crippen molar-refractivity contribution in [3.63, 3.8) is 0 Å². The number of aryl methyl sites for hydroxylation is 1. The number of pyridine rings is 1. The Hall–Kier alpha value is -1.87. The van der Waals surface area contributed by atoms with Gasteiger partial charge < -0.3 is 10.4 Å². The number of benzene rings is 1. The highest BCUT2D eigenvalue weighted by atomic mass is 16.3. The van der Waals surface area contributed by atoms with Crippen molar-refractivity contribution in [2.75, 3.05) is 6.54 Å². The van der Waals surface area contributed by atoms with E-state index >= 15 is 0 Å². The Kier molecular flexibility index (Phi) is 5.13. The molecule has 2 aromatic rings. The van der Waals surface area contributed by atoms with Crippen LogP contribution in [0.15, 0.2) is 42.6 Å². The fourth-order valence-electron chi connectivity index (χ4n) is 2.37. The Morgan fingerprint density at radius 2 is 2.10 bits per heavy atom. The van der Waals surface area contributed by atoms with E-state index in [1.807, 2.05) is 30.5 Å². The number of rotatable bonds is 6. The van der Waals surface area contributed by atoms with Crippen LogP contribution in [0.5, 0.6) is 5.75 Å². The van der Waals surface area contributed by atoms with Gasteiger partial charge in [-0.3, -0.25) is 4.98 Å². The third kappa shape index (κ3) is 3.81. The lowest BCUT2D eigenvalue weighted by Gasteiger charge is -2.20. The quantitative estimate of drug-likeness (QED) is 0.846. The summed E-state index contributed by atoms with van der Waals surface area (Å²) < 4.78 is 0. The topological polar surface area (TPSA) is 45.1 Å². The smallest absolute Gasteiger partial charge is 0.115 e. The summed E-state index contributed by atoms with van der Waals surface area (Å²) in [5.41, 5.74) is 3.40. The van der Waals surface area contributed by atoms with Crippen molar-refractivity contribution in [3.8, 4) is 5.75 Å². The molecule has 0 bridgehead atoms. The lowest BCUT2D eigenvalue weighted by atomic mass is 9.99. The molecule has 2 N–H and O–H groups in total. The highest BCUT2D eigenvalue weighted by Crippen LogP contribution is 2.21. The summed E-state index contributed by atoms with van der Waals surface area (Å²) >= 11 is 0. The zero-order valence-electron chi connectivity index (χ0n) is 12.1. The molecule has 0 saturated carbocycles. The Morgan fingerprint density at radius 1 is 1.25 bits per heavy atom. The Labute approximate surface area is 120 Å². The van der Waals surface area contributed by atoms with Gasteiger partial charge in [0.15, 0.2) is 0 Å². The van der Waals surface area contributed by atoms with Gasteiger partial charge in [0.2, 0.25) is 0 Å². The highest BCUT2D eigenvalue weighted by molar-refractivity contribution is 5.30. The standard InChI is InChI=1S/C17H22N2O/c1-3-9-18-16(17-13(2)6-5-10-19-17)12-14-7-4-8-15(20)11-14/h4-8,10-11,16,18,20H,3,9,12H2,1-2H3. The summed E-state index contributed by atoms with van der Waals surface area (Å²) in [4.78, 5) is 4.53. The molecule has 1 aromatic carbocycles. The van der Waals surface area contributed by atoms with Gasteiger partial charge in [-0.25, -0.2) is 0 Å².